The van der Waals surface area contributed by atoms with E-state index in [0.717, 1.165) is 31.4 Å². The van der Waals surface area contributed by atoms with Gasteiger partial charge in [0.05, 0.1) is 0 Å². The summed E-state index contributed by atoms with van der Waals surface area (Å²) in [6.45, 7) is 6.75. The average molecular weight is 315 g/mol. The van der Waals surface area contributed by atoms with E-state index in [2.05, 4.69) is 26.1 Å². The van der Waals surface area contributed by atoms with E-state index in [0.29, 0.717) is 17.8 Å². The molecular weight excluding hydrogens is 286 g/mol. The number of carboxylic acid groups (broad SMARTS) is 1. The molecule has 5 heteroatoms. The minimum absolute atomic E-state index is 0.0141. The van der Waals surface area contributed by atoms with Crippen molar-refractivity contribution in [2.45, 2.75) is 58.9 Å². The summed E-state index contributed by atoms with van der Waals surface area (Å²) in [5, 5.41) is 11.9. The molecule has 21 heavy (non-hydrogen) atoms. The fraction of sp³-hybridized carbons (Fsp3) is 0.875. The molecule has 0 bridgehead atoms. The van der Waals surface area contributed by atoms with Gasteiger partial charge < -0.3 is 10.4 Å². The maximum Gasteiger partial charge on any atom is 0.326 e. The van der Waals surface area contributed by atoms with Gasteiger partial charge >= 0.3 is 5.97 Å². The predicted molar refractivity (Wildman–Crippen MR) is 87.5 cm³/mol. The number of hydrogen-bond donors (Lipinski definition) is 2. The SMILES string of the molecule is CSCC[C@@H](NC(=O)C1CCC(C(C)(C)C)CC1)C(=O)O. The van der Waals surface area contributed by atoms with Crippen LogP contribution in [0, 0.1) is 17.3 Å². The Morgan fingerprint density at radius 2 is 1.81 bits per heavy atom. The molecule has 0 aliphatic heterocycles. The highest BCUT2D eigenvalue weighted by atomic mass is 32.2. The number of carbonyl (C=O) groups excluding carboxylic acids is 1. The van der Waals surface area contributed by atoms with Crippen molar-refractivity contribution in [1.29, 1.82) is 0 Å². The molecule has 0 saturated heterocycles. The van der Waals surface area contributed by atoms with E-state index in [1.165, 1.54) is 0 Å². The second-order valence-electron chi connectivity index (χ2n) is 7.10. The van der Waals surface area contributed by atoms with Crippen molar-refractivity contribution in [2.75, 3.05) is 12.0 Å². The van der Waals surface area contributed by atoms with Crippen LogP contribution in [-0.4, -0.2) is 35.0 Å². The molecule has 0 radical (unpaired) electrons. The Morgan fingerprint density at radius 1 is 1.24 bits per heavy atom. The summed E-state index contributed by atoms with van der Waals surface area (Å²) in [6, 6.07) is -0.745. The number of hydrogen-bond acceptors (Lipinski definition) is 3. The largest absolute Gasteiger partial charge is 0.480 e. The highest BCUT2D eigenvalue weighted by Crippen LogP contribution is 2.39. The van der Waals surface area contributed by atoms with Crippen molar-refractivity contribution in [3.05, 3.63) is 0 Å². The van der Waals surface area contributed by atoms with Gasteiger partial charge in [0.2, 0.25) is 5.91 Å². The van der Waals surface area contributed by atoms with Gasteiger partial charge in [0.25, 0.3) is 0 Å². The Kier molecular flexibility index (Phi) is 7.04. The summed E-state index contributed by atoms with van der Waals surface area (Å²) in [5.41, 5.74) is 0.295. The first-order valence-electron chi connectivity index (χ1n) is 7.77. The molecule has 1 aliphatic carbocycles. The topological polar surface area (TPSA) is 66.4 Å². The molecule has 0 aromatic carbocycles. The normalized spacial score (nSPS) is 24.4. The molecule has 1 amide bonds. The van der Waals surface area contributed by atoms with Crippen LogP contribution in [0.15, 0.2) is 0 Å². The molecular formula is C16H29NO3S. The lowest BCUT2D eigenvalue weighted by Crippen LogP contribution is -2.45. The highest BCUT2D eigenvalue weighted by molar-refractivity contribution is 7.98. The quantitative estimate of drug-likeness (QED) is 0.790. The third-order valence-electron chi connectivity index (χ3n) is 4.55. The molecule has 0 unspecified atom stereocenters. The van der Waals surface area contributed by atoms with E-state index >= 15 is 0 Å². The Labute approximate surface area is 132 Å². The third kappa shape index (κ3) is 5.89. The summed E-state index contributed by atoms with van der Waals surface area (Å²) < 4.78 is 0. The van der Waals surface area contributed by atoms with Crippen molar-refractivity contribution in [2.24, 2.45) is 17.3 Å². The number of aliphatic carboxylic acids is 1. The zero-order chi connectivity index (χ0) is 16.0. The van der Waals surface area contributed by atoms with E-state index < -0.39 is 12.0 Å². The molecule has 1 saturated carbocycles. The highest BCUT2D eigenvalue weighted by Gasteiger charge is 2.33. The van der Waals surface area contributed by atoms with E-state index in [1.54, 1.807) is 11.8 Å². The molecule has 4 nitrogen and oxygen atoms in total. The van der Waals surface area contributed by atoms with Gasteiger partial charge in [-0.25, -0.2) is 4.79 Å². The average Bonchev–Trinajstić information content (AvgIpc) is 2.42. The maximum absolute atomic E-state index is 12.3. The molecule has 122 valence electrons. The molecule has 1 rings (SSSR count). The fourth-order valence-electron chi connectivity index (χ4n) is 3.00. The lowest BCUT2D eigenvalue weighted by molar-refractivity contribution is -0.142. The summed E-state index contributed by atoms with van der Waals surface area (Å²) in [5.74, 6) is 0.387. The molecule has 2 N–H and O–H groups in total. The first kappa shape index (κ1) is 18.3. The Morgan fingerprint density at radius 3 is 2.24 bits per heavy atom. The van der Waals surface area contributed by atoms with E-state index in [-0.39, 0.29) is 11.8 Å². The van der Waals surface area contributed by atoms with Crippen LogP contribution in [0.1, 0.15) is 52.9 Å². The van der Waals surface area contributed by atoms with Gasteiger partial charge in [-0.05, 0) is 55.4 Å². The van der Waals surface area contributed by atoms with Gasteiger partial charge in [0.15, 0.2) is 0 Å². The number of thioether (sulfide) groups is 1. The molecule has 1 atom stereocenters. The van der Waals surface area contributed by atoms with Crippen LogP contribution in [0.25, 0.3) is 0 Å². The Bertz CT molecular complexity index is 357. The summed E-state index contributed by atoms with van der Waals surface area (Å²) >= 11 is 1.60. The second kappa shape index (κ2) is 8.06. The first-order chi connectivity index (χ1) is 9.75. The van der Waals surface area contributed by atoms with Crippen molar-refractivity contribution < 1.29 is 14.7 Å². The molecule has 0 spiro atoms. The zero-order valence-corrected chi connectivity index (χ0v) is 14.5. The van der Waals surface area contributed by atoms with Crippen LogP contribution in [0.4, 0.5) is 0 Å². The van der Waals surface area contributed by atoms with Gasteiger partial charge in [0, 0.05) is 5.92 Å². The second-order valence-corrected chi connectivity index (χ2v) is 8.08. The number of rotatable bonds is 6. The van der Waals surface area contributed by atoms with Gasteiger partial charge in [0.1, 0.15) is 6.04 Å². The van der Waals surface area contributed by atoms with Crippen LogP contribution in [0.5, 0.6) is 0 Å². The summed E-state index contributed by atoms with van der Waals surface area (Å²) in [7, 11) is 0. The minimum Gasteiger partial charge on any atom is -0.480 e. The van der Waals surface area contributed by atoms with Gasteiger partial charge in [-0.15, -0.1) is 0 Å². The third-order valence-corrected chi connectivity index (χ3v) is 5.19. The predicted octanol–water partition coefficient (Wildman–Crippen LogP) is 3.16. The lowest BCUT2D eigenvalue weighted by Gasteiger charge is -2.36. The monoisotopic (exact) mass is 315 g/mol. The lowest BCUT2D eigenvalue weighted by atomic mass is 9.69. The maximum atomic E-state index is 12.3. The van der Waals surface area contributed by atoms with Crippen molar-refractivity contribution in [1.82, 2.24) is 5.32 Å². The number of amides is 1. The van der Waals surface area contributed by atoms with E-state index in [1.807, 2.05) is 6.26 Å². The standard InChI is InChI=1S/C16H29NO3S/c1-16(2,3)12-7-5-11(6-8-12)14(18)17-13(15(19)20)9-10-21-4/h11-13H,5-10H2,1-4H3,(H,17,18)(H,19,20)/t11?,12?,13-/m1/s1. The molecule has 1 fully saturated rings. The zero-order valence-electron chi connectivity index (χ0n) is 13.6. The van der Waals surface area contributed by atoms with Crippen molar-refractivity contribution in [3.8, 4) is 0 Å². The number of carbonyl (C=O) groups is 2. The smallest absolute Gasteiger partial charge is 0.326 e. The fourth-order valence-corrected chi connectivity index (χ4v) is 3.48. The van der Waals surface area contributed by atoms with Crippen LogP contribution in [0.3, 0.4) is 0 Å². The molecule has 0 aromatic rings. The Hall–Kier alpha value is -0.710. The summed E-state index contributed by atoms with van der Waals surface area (Å²) in [6.07, 6.45) is 6.30. The first-order valence-corrected chi connectivity index (χ1v) is 9.17. The van der Waals surface area contributed by atoms with Gasteiger partial charge in [-0.2, -0.15) is 11.8 Å². The van der Waals surface area contributed by atoms with Crippen LogP contribution in [0.2, 0.25) is 0 Å². The summed E-state index contributed by atoms with van der Waals surface area (Å²) in [4.78, 5) is 23.4. The Balaban J connectivity index is 2.47. The minimum atomic E-state index is -0.930. The van der Waals surface area contributed by atoms with Gasteiger partial charge in [-0.1, -0.05) is 20.8 Å². The van der Waals surface area contributed by atoms with Crippen LogP contribution < -0.4 is 5.32 Å². The van der Waals surface area contributed by atoms with E-state index in [4.69, 9.17) is 0 Å². The molecule has 0 heterocycles. The number of carboxylic acids is 1. The van der Waals surface area contributed by atoms with E-state index in [9.17, 15) is 14.7 Å². The van der Waals surface area contributed by atoms with Crippen molar-refractivity contribution in [3.63, 3.8) is 0 Å². The number of nitrogens with one attached hydrogen (secondary N) is 1. The molecule has 1 aliphatic rings. The molecule has 0 aromatic heterocycles. The van der Waals surface area contributed by atoms with Crippen LogP contribution in [-0.2, 0) is 9.59 Å². The van der Waals surface area contributed by atoms with Gasteiger partial charge in [-0.3, -0.25) is 4.79 Å². The van der Waals surface area contributed by atoms with Crippen LogP contribution >= 0.6 is 11.8 Å². The van der Waals surface area contributed by atoms with Crippen molar-refractivity contribution >= 4 is 23.6 Å².